The van der Waals surface area contributed by atoms with Crippen molar-refractivity contribution in [1.82, 2.24) is 4.90 Å². The fraction of sp³-hybridized carbons (Fsp3) is 0.588. The fourth-order valence-electron chi connectivity index (χ4n) is 2.95. The summed E-state index contributed by atoms with van der Waals surface area (Å²) < 4.78 is 22.6. The molecule has 0 saturated carbocycles. The molecule has 6 nitrogen and oxygen atoms in total. The van der Waals surface area contributed by atoms with Crippen molar-refractivity contribution < 1.29 is 23.7 Å². The normalized spacial score (nSPS) is 28.4. The Hall–Kier alpha value is -1.63. The lowest BCUT2D eigenvalue weighted by atomic mass is 10.1. The van der Waals surface area contributed by atoms with Crippen molar-refractivity contribution in [3.05, 3.63) is 35.9 Å². The first-order chi connectivity index (χ1) is 10.9. The zero-order valence-corrected chi connectivity index (χ0v) is 13.7. The van der Waals surface area contributed by atoms with E-state index in [9.17, 15) is 4.79 Å². The van der Waals surface area contributed by atoms with Gasteiger partial charge in [0.05, 0.1) is 13.2 Å². The summed E-state index contributed by atoms with van der Waals surface area (Å²) in [6.45, 7) is 4.94. The minimum atomic E-state index is -0.593. The summed E-state index contributed by atoms with van der Waals surface area (Å²) in [5.41, 5.74) is 0.959. The van der Waals surface area contributed by atoms with Crippen molar-refractivity contribution in [2.24, 2.45) is 0 Å². The van der Waals surface area contributed by atoms with Crippen molar-refractivity contribution in [3.63, 3.8) is 0 Å². The van der Waals surface area contributed by atoms with Gasteiger partial charge in [0.15, 0.2) is 5.79 Å². The molecule has 0 radical (unpaired) electrons. The fourth-order valence-corrected chi connectivity index (χ4v) is 2.95. The third-order valence-electron chi connectivity index (χ3n) is 4.03. The van der Waals surface area contributed by atoms with Gasteiger partial charge in [-0.15, -0.1) is 0 Å². The van der Waals surface area contributed by atoms with Gasteiger partial charge in [-0.2, -0.15) is 0 Å². The van der Waals surface area contributed by atoms with E-state index >= 15 is 0 Å². The highest BCUT2D eigenvalue weighted by Crippen LogP contribution is 2.35. The molecule has 126 valence electrons. The van der Waals surface area contributed by atoms with Crippen LogP contribution in [0, 0.1) is 0 Å². The SMILES string of the molecule is CN(CC1OC[C@H]2OC(C)(C)O[C@@H]12)C(=O)OCc1ccccc1. The maximum atomic E-state index is 12.1. The number of hydrogen-bond donors (Lipinski definition) is 0. The smallest absolute Gasteiger partial charge is 0.409 e. The van der Waals surface area contributed by atoms with E-state index in [4.69, 9.17) is 18.9 Å². The lowest BCUT2D eigenvalue weighted by Gasteiger charge is -2.25. The molecule has 3 rings (SSSR count). The summed E-state index contributed by atoms with van der Waals surface area (Å²) in [4.78, 5) is 13.6. The predicted octanol–water partition coefficient (Wildman–Crippen LogP) is 2.17. The van der Waals surface area contributed by atoms with Gasteiger partial charge in [0.1, 0.15) is 24.9 Å². The average Bonchev–Trinajstić information content (AvgIpc) is 3.02. The maximum Gasteiger partial charge on any atom is 0.409 e. The van der Waals surface area contributed by atoms with Crippen LogP contribution in [0.4, 0.5) is 4.79 Å². The molecule has 2 fully saturated rings. The summed E-state index contributed by atoms with van der Waals surface area (Å²) >= 11 is 0. The van der Waals surface area contributed by atoms with Crippen molar-refractivity contribution in [3.8, 4) is 0 Å². The number of carbonyl (C=O) groups is 1. The van der Waals surface area contributed by atoms with Gasteiger partial charge in [0.2, 0.25) is 0 Å². The molecule has 3 atom stereocenters. The van der Waals surface area contributed by atoms with Gasteiger partial charge in [-0.3, -0.25) is 0 Å². The van der Waals surface area contributed by atoms with Crippen molar-refractivity contribution in [2.45, 2.75) is 44.6 Å². The summed E-state index contributed by atoms with van der Waals surface area (Å²) in [7, 11) is 1.70. The van der Waals surface area contributed by atoms with Crippen molar-refractivity contribution in [2.75, 3.05) is 20.2 Å². The molecule has 2 aliphatic heterocycles. The molecule has 2 heterocycles. The molecule has 1 unspecified atom stereocenters. The third-order valence-corrected chi connectivity index (χ3v) is 4.03. The van der Waals surface area contributed by atoms with Gasteiger partial charge in [-0.1, -0.05) is 30.3 Å². The largest absolute Gasteiger partial charge is 0.445 e. The molecule has 0 spiro atoms. The number of likely N-dealkylation sites (N-methyl/N-ethyl adjacent to an activating group) is 1. The molecule has 0 N–H and O–H groups in total. The molecule has 2 aliphatic rings. The van der Waals surface area contributed by atoms with Gasteiger partial charge in [0, 0.05) is 7.05 Å². The number of nitrogens with zero attached hydrogens (tertiary/aromatic N) is 1. The molecule has 0 aliphatic carbocycles. The number of rotatable bonds is 4. The molecule has 1 aromatic carbocycles. The molecule has 6 heteroatoms. The highest BCUT2D eigenvalue weighted by atomic mass is 16.8. The molecule has 0 bridgehead atoms. The van der Waals surface area contributed by atoms with Crippen LogP contribution < -0.4 is 0 Å². The molecular weight excluding hydrogens is 298 g/mol. The second-order valence-corrected chi connectivity index (χ2v) is 6.43. The van der Waals surface area contributed by atoms with Crippen molar-refractivity contribution >= 4 is 6.09 Å². The molecule has 23 heavy (non-hydrogen) atoms. The van der Waals surface area contributed by atoms with Gasteiger partial charge in [-0.25, -0.2) is 4.79 Å². The van der Waals surface area contributed by atoms with Crippen LogP contribution in [0.25, 0.3) is 0 Å². The molecule has 2 saturated heterocycles. The predicted molar refractivity (Wildman–Crippen MR) is 82.8 cm³/mol. The minimum Gasteiger partial charge on any atom is -0.445 e. The summed E-state index contributed by atoms with van der Waals surface area (Å²) in [5.74, 6) is -0.593. The van der Waals surface area contributed by atoms with Gasteiger partial charge < -0.3 is 23.8 Å². The Labute approximate surface area is 136 Å². The quantitative estimate of drug-likeness (QED) is 0.851. The Morgan fingerprint density at radius 3 is 2.78 bits per heavy atom. The van der Waals surface area contributed by atoms with E-state index in [0.29, 0.717) is 13.2 Å². The van der Waals surface area contributed by atoms with Crippen LogP contribution in [0.3, 0.4) is 0 Å². The van der Waals surface area contributed by atoms with E-state index in [2.05, 4.69) is 0 Å². The van der Waals surface area contributed by atoms with Gasteiger partial charge >= 0.3 is 6.09 Å². The zero-order chi connectivity index (χ0) is 16.4. The lowest BCUT2D eigenvalue weighted by molar-refractivity contribution is -0.175. The van der Waals surface area contributed by atoms with E-state index in [-0.39, 0.29) is 31.0 Å². The van der Waals surface area contributed by atoms with Crippen LogP contribution in [-0.4, -0.2) is 55.3 Å². The van der Waals surface area contributed by atoms with Crippen molar-refractivity contribution in [1.29, 1.82) is 0 Å². The average molecular weight is 321 g/mol. The number of fused-ring (bicyclic) bond motifs is 1. The van der Waals surface area contributed by atoms with Crippen LogP contribution >= 0.6 is 0 Å². The lowest BCUT2D eigenvalue weighted by Crippen LogP contribution is -2.41. The first-order valence-corrected chi connectivity index (χ1v) is 7.84. The Morgan fingerprint density at radius 1 is 1.30 bits per heavy atom. The van der Waals surface area contributed by atoms with Crippen LogP contribution in [0.5, 0.6) is 0 Å². The highest BCUT2D eigenvalue weighted by molar-refractivity contribution is 5.67. The number of carbonyl (C=O) groups excluding carboxylic acids is 1. The van der Waals surface area contributed by atoms with E-state index in [1.807, 2.05) is 44.2 Å². The number of amides is 1. The van der Waals surface area contributed by atoms with Crippen LogP contribution in [0.1, 0.15) is 19.4 Å². The van der Waals surface area contributed by atoms with Crippen LogP contribution in [0.2, 0.25) is 0 Å². The second-order valence-electron chi connectivity index (χ2n) is 6.43. The summed E-state index contributed by atoms with van der Waals surface area (Å²) in [6.07, 6.45) is -0.784. The topological polar surface area (TPSA) is 57.2 Å². The molecule has 1 amide bonds. The van der Waals surface area contributed by atoms with E-state index in [1.54, 1.807) is 7.05 Å². The van der Waals surface area contributed by atoms with E-state index < -0.39 is 5.79 Å². The molecule has 0 aromatic heterocycles. The minimum absolute atomic E-state index is 0.0660. The molecular formula is C17H23NO5. The Kier molecular flexibility index (Phi) is 4.57. The summed E-state index contributed by atoms with van der Waals surface area (Å²) in [6, 6.07) is 9.60. The number of hydrogen-bond acceptors (Lipinski definition) is 5. The standard InChI is InChI=1S/C17H23NO5/c1-17(2)22-14-11-20-13(15(14)23-17)9-18(3)16(19)21-10-12-7-5-4-6-8-12/h4-8,13-15H,9-11H2,1-3H3/t13?,14-,15+/m1/s1. The van der Waals surface area contributed by atoms with E-state index in [1.165, 1.54) is 4.90 Å². The maximum absolute atomic E-state index is 12.1. The zero-order valence-electron chi connectivity index (χ0n) is 13.7. The Balaban J connectivity index is 1.49. The van der Waals surface area contributed by atoms with Gasteiger partial charge in [-0.05, 0) is 19.4 Å². The van der Waals surface area contributed by atoms with Crippen LogP contribution in [0.15, 0.2) is 30.3 Å². The van der Waals surface area contributed by atoms with E-state index in [0.717, 1.165) is 5.56 Å². The number of ether oxygens (including phenoxy) is 4. The second kappa shape index (κ2) is 6.47. The number of benzene rings is 1. The van der Waals surface area contributed by atoms with Gasteiger partial charge in [0.25, 0.3) is 0 Å². The monoisotopic (exact) mass is 321 g/mol. The third kappa shape index (κ3) is 3.83. The summed E-state index contributed by atoms with van der Waals surface area (Å²) in [5, 5.41) is 0. The Morgan fingerprint density at radius 2 is 2.04 bits per heavy atom. The highest BCUT2D eigenvalue weighted by Gasteiger charge is 2.50. The first kappa shape index (κ1) is 16.2. The van der Waals surface area contributed by atoms with Crippen LogP contribution in [-0.2, 0) is 25.6 Å². The first-order valence-electron chi connectivity index (χ1n) is 7.84. The molecule has 1 aromatic rings. The Bertz CT molecular complexity index is 547.